The fourth-order valence-electron chi connectivity index (χ4n) is 6.68. The zero-order chi connectivity index (χ0) is 30.9. The Labute approximate surface area is 231 Å². The standard InChI is InChI=1S/C32H55NO4/c1-14-36-27-17-24(20(2)15-26(27)35-13)21(3)19-37-28-25(16-22(4)29(6,7)30(28,8)9)33-23(5)18-32(12,34)31(33,10)11/h15,17,21-23,25,28,34H,14,16,18-19H2,1-13H3/t21?,22?,23?,25-,28+,32-/m1/s1/i18D2,23D. The summed E-state index contributed by atoms with van der Waals surface area (Å²) in [7, 11) is 1.65. The molecule has 1 aliphatic carbocycles. The van der Waals surface area contributed by atoms with Gasteiger partial charge in [0.25, 0.3) is 0 Å². The van der Waals surface area contributed by atoms with Crippen molar-refractivity contribution >= 4 is 0 Å². The van der Waals surface area contributed by atoms with Gasteiger partial charge in [0.15, 0.2) is 11.5 Å². The van der Waals surface area contributed by atoms with Gasteiger partial charge in [-0.1, -0.05) is 41.5 Å². The molecule has 0 aromatic heterocycles. The highest BCUT2D eigenvalue weighted by molar-refractivity contribution is 5.48. The highest BCUT2D eigenvalue weighted by Crippen LogP contribution is 2.57. The Bertz CT molecular complexity index is 1060. The van der Waals surface area contributed by atoms with E-state index >= 15 is 0 Å². The van der Waals surface area contributed by atoms with E-state index in [9.17, 15) is 6.48 Å². The molecule has 1 saturated carbocycles. The smallest absolute Gasteiger partial charge is 0.161 e. The maximum absolute atomic E-state index is 11.6. The third kappa shape index (κ3) is 5.05. The first-order valence-corrected chi connectivity index (χ1v) is 14.0. The molecule has 2 aliphatic rings. The van der Waals surface area contributed by atoms with Crippen LogP contribution < -0.4 is 9.47 Å². The molecular weight excluding hydrogens is 462 g/mol. The van der Waals surface area contributed by atoms with Crippen LogP contribution in [0.4, 0.5) is 0 Å². The quantitative estimate of drug-likeness (QED) is 0.401. The largest absolute Gasteiger partial charge is 0.493 e. The summed E-state index contributed by atoms with van der Waals surface area (Å²) >= 11 is 0. The molecule has 5 heteroatoms. The molecular formula is C32H55NO4. The molecule has 3 unspecified atom stereocenters. The van der Waals surface area contributed by atoms with Crippen LogP contribution in [0.3, 0.4) is 0 Å². The second-order valence-corrected chi connectivity index (χ2v) is 13.3. The van der Waals surface area contributed by atoms with E-state index in [4.69, 9.17) is 17.0 Å². The lowest BCUT2D eigenvalue weighted by Crippen LogP contribution is -2.67. The molecule has 212 valence electrons. The van der Waals surface area contributed by atoms with Crippen molar-refractivity contribution in [3.05, 3.63) is 23.3 Å². The highest BCUT2D eigenvalue weighted by atomic mass is 16.5. The van der Waals surface area contributed by atoms with Gasteiger partial charge in [0.2, 0.25) is 0 Å². The lowest BCUT2D eigenvalue weighted by atomic mass is 9.52. The number of aryl methyl sites for hydroxylation is 1. The molecule has 1 saturated heterocycles. The Morgan fingerprint density at radius 1 is 1.11 bits per heavy atom. The first-order chi connectivity index (χ1) is 18.1. The third-order valence-electron chi connectivity index (χ3n) is 10.4. The summed E-state index contributed by atoms with van der Waals surface area (Å²) in [4.78, 5) is 1.94. The van der Waals surface area contributed by atoms with E-state index in [1.807, 2.05) is 31.7 Å². The summed E-state index contributed by atoms with van der Waals surface area (Å²) in [5.74, 6) is 1.79. The molecule has 37 heavy (non-hydrogen) atoms. The van der Waals surface area contributed by atoms with Gasteiger partial charge in [-0.3, -0.25) is 4.90 Å². The van der Waals surface area contributed by atoms with Gasteiger partial charge >= 0.3 is 0 Å². The predicted octanol–water partition coefficient (Wildman–Crippen LogP) is 6.98. The van der Waals surface area contributed by atoms with E-state index in [1.165, 1.54) is 0 Å². The number of methoxy groups -OCH3 is 1. The van der Waals surface area contributed by atoms with Crippen molar-refractivity contribution < 1.29 is 23.4 Å². The van der Waals surface area contributed by atoms with E-state index in [-0.39, 0.29) is 28.9 Å². The number of rotatable bonds is 8. The molecule has 0 spiro atoms. The van der Waals surface area contributed by atoms with E-state index in [2.05, 4.69) is 54.5 Å². The van der Waals surface area contributed by atoms with Gasteiger partial charge in [-0.15, -0.1) is 0 Å². The Morgan fingerprint density at radius 3 is 2.24 bits per heavy atom. The number of aliphatic hydroxyl groups is 1. The minimum atomic E-state index is -2.16. The first kappa shape index (κ1) is 26.0. The lowest BCUT2D eigenvalue weighted by Gasteiger charge is -2.61. The number of benzene rings is 1. The Balaban J connectivity index is 2.05. The molecule has 6 atom stereocenters. The fraction of sp³-hybridized carbons (Fsp3) is 0.812. The van der Waals surface area contributed by atoms with Gasteiger partial charge < -0.3 is 19.3 Å². The van der Waals surface area contributed by atoms with E-state index in [0.29, 0.717) is 24.9 Å². The SMILES string of the molecule is [2H]C1(C)N([C@@H]2CC(C)C(C)(C)C(C)(C)[C@H]2OCC(C)c2cc(OCC)c(OC)cc2C)C(C)(C)[C@](C)(O)C1([2H])[2H]. The van der Waals surface area contributed by atoms with Crippen LogP contribution in [0.25, 0.3) is 0 Å². The van der Waals surface area contributed by atoms with Crippen molar-refractivity contribution in [2.24, 2.45) is 16.7 Å². The fourth-order valence-corrected chi connectivity index (χ4v) is 6.68. The molecule has 5 nitrogen and oxygen atoms in total. The van der Waals surface area contributed by atoms with Crippen molar-refractivity contribution in [3.8, 4) is 11.5 Å². The van der Waals surface area contributed by atoms with Gasteiger partial charge in [-0.2, -0.15) is 0 Å². The second-order valence-electron chi connectivity index (χ2n) is 13.3. The summed E-state index contributed by atoms with van der Waals surface area (Å²) in [6.45, 7) is 25.4. The molecule has 1 aromatic rings. The summed E-state index contributed by atoms with van der Waals surface area (Å²) in [6, 6.07) is 2.14. The van der Waals surface area contributed by atoms with Crippen LogP contribution in [0.1, 0.15) is 110 Å². The Kier molecular flexibility index (Phi) is 7.26. The normalized spacial score (nSPS) is 38.3. The summed E-state index contributed by atoms with van der Waals surface area (Å²) < 4.78 is 45.5. The number of hydrogen-bond donors (Lipinski definition) is 1. The average Bonchev–Trinajstić information content (AvgIpc) is 2.89. The van der Waals surface area contributed by atoms with Gasteiger partial charge in [-0.25, -0.2) is 0 Å². The molecule has 0 amide bonds. The molecule has 2 fully saturated rings. The van der Waals surface area contributed by atoms with E-state index < -0.39 is 23.5 Å². The third-order valence-corrected chi connectivity index (χ3v) is 10.4. The number of hydrogen-bond acceptors (Lipinski definition) is 5. The van der Waals surface area contributed by atoms with Gasteiger partial charge in [0.1, 0.15) is 0 Å². The van der Waals surface area contributed by atoms with Crippen LogP contribution in [0.15, 0.2) is 12.1 Å². The van der Waals surface area contributed by atoms with Gasteiger partial charge in [0, 0.05) is 27.6 Å². The second kappa shape index (κ2) is 10.4. The molecule has 1 heterocycles. The van der Waals surface area contributed by atoms with Crippen LogP contribution >= 0.6 is 0 Å². The highest BCUT2D eigenvalue weighted by Gasteiger charge is 2.61. The minimum Gasteiger partial charge on any atom is -0.493 e. The Hall–Kier alpha value is -1.30. The van der Waals surface area contributed by atoms with Crippen molar-refractivity contribution in [1.82, 2.24) is 4.90 Å². The van der Waals surface area contributed by atoms with Crippen molar-refractivity contribution in [3.63, 3.8) is 0 Å². The van der Waals surface area contributed by atoms with Gasteiger partial charge in [0.05, 0.1) is 32.0 Å². The van der Waals surface area contributed by atoms with Crippen LogP contribution in [-0.2, 0) is 4.74 Å². The van der Waals surface area contributed by atoms with Crippen LogP contribution in [0.5, 0.6) is 11.5 Å². The molecule has 0 radical (unpaired) electrons. The number of ether oxygens (including phenoxy) is 3. The molecule has 1 N–H and O–H groups in total. The van der Waals surface area contributed by atoms with Crippen molar-refractivity contribution in [1.29, 1.82) is 0 Å². The summed E-state index contributed by atoms with van der Waals surface area (Å²) in [6.07, 6.45) is -1.70. The Morgan fingerprint density at radius 2 is 1.73 bits per heavy atom. The van der Waals surface area contributed by atoms with E-state index in [0.717, 1.165) is 23.3 Å². The maximum Gasteiger partial charge on any atom is 0.161 e. The summed E-state index contributed by atoms with van der Waals surface area (Å²) in [5, 5.41) is 11.6. The zero-order valence-corrected chi connectivity index (χ0v) is 25.7. The number of nitrogens with zero attached hydrogens (tertiary/aromatic N) is 1. The molecule has 3 rings (SSSR count). The van der Waals surface area contributed by atoms with Crippen LogP contribution in [0, 0.1) is 23.7 Å². The van der Waals surface area contributed by atoms with Crippen LogP contribution in [-0.4, -0.2) is 59.6 Å². The topological polar surface area (TPSA) is 51.2 Å². The predicted molar refractivity (Wildman–Crippen MR) is 153 cm³/mol. The number of likely N-dealkylation sites (tertiary alicyclic amines) is 1. The van der Waals surface area contributed by atoms with E-state index in [1.54, 1.807) is 21.0 Å². The monoisotopic (exact) mass is 520 g/mol. The maximum atomic E-state index is 11.6. The van der Waals surface area contributed by atoms with Crippen molar-refractivity contribution in [2.75, 3.05) is 20.3 Å². The lowest BCUT2D eigenvalue weighted by molar-refractivity contribution is -0.190. The molecule has 0 bridgehead atoms. The average molecular weight is 521 g/mol. The van der Waals surface area contributed by atoms with Gasteiger partial charge in [-0.05, 0) is 94.3 Å². The van der Waals surface area contributed by atoms with Crippen LogP contribution in [0.2, 0.25) is 0 Å². The summed E-state index contributed by atoms with van der Waals surface area (Å²) in [5.41, 5.74) is -0.861. The minimum absolute atomic E-state index is 0.0625. The molecule has 1 aliphatic heterocycles. The zero-order valence-electron chi connectivity index (χ0n) is 28.7. The first-order valence-electron chi connectivity index (χ1n) is 15.5. The molecule has 1 aromatic carbocycles. The van der Waals surface area contributed by atoms with Crippen molar-refractivity contribution in [2.45, 2.75) is 131 Å².